The monoisotopic (exact) mass is 290 g/mol. The lowest BCUT2D eigenvalue weighted by Crippen LogP contribution is -2.55. The van der Waals surface area contributed by atoms with Crippen LogP contribution in [0.1, 0.15) is 26.2 Å². The Morgan fingerprint density at radius 3 is 2.53 bits per heavy atom. The molecule has 0 aromatic rings. The summed E-state index contributed by atoms with van der Waals surface area (Å²) in [5.41, 5.74) is 0. The molecule has 1 aliphatic carbocycles. The van der Waals surface area contributed by atoms with Crippen molar-refractivity contribution in [3.63, 3.8) is 0 Å². The van der Waals surface area contributed by atoms with E-state index in [-0.39, 0.29) is 6.04 Å². The van der Waals surface area contributed by atoms with Crippen LogP contribution < -0.4 is 0 Å². The van der Waals surface area contributed by atoms with Gasteiger partial charge in [0.25, 0.3) is 0 Å². The van der Waals surface area contributed by atoms with Gasteiger partial charge < -0.3 is 10.0 Å². The van der Waals surface area contributed by atoms with Gasteiger partial charge in [-0.3, -0.25) is 4.79 Å². The summed E-state index contributed by atoms with van der Waals surface area (Å²) in [5.74, 6) is -1.72. The van der Waals surface area contributed by atoms with Crippen LogP contribution in [0, 0.1) is 5.92 Å². The van der Waals surface area contributed by atoms with Gasteiger partial charge in [-0.05, 0) is 26.8 Å². The Morgan fingerprint density at radius 2 is 1.95 bits per heavy atom. The highest BCUT2D eigenvalue weighted by Crippen LogP contribution is 2.34. The van der Waals surface area contributed by atoms with E-state index in [0.29, 0.717) is 38.9 Å². The molecule has 7 heteroatoms. The summed E-state index contributed by atoms with van der Waals surface area (Å²) >= 11 is 0. The van der Waals surface area contributed by atoms with E-state index in [1.165, 1.54) is 4.31 Å². The van der Waals surface area contributed by atoms with Gasteiger partial charge in [0, 0.05) is 25.7 Å². The Balaban J connectivity index is 2.20. The number of likely N-dealkylation sites (N-methyl/N-ethyl adjacent to an activating group) is 1. The van der Waals surface area contributed by atoms with Crippen molar-refractivity contribution in [1.82, 2.24) is 9.21 Å². The topological polar surface area (TPSA) is 77.9 Å². The Hall–Kier alpha value is -0.660. The molecule has 0 radical (unpaired) electrons. The maximum Gasteiger partial charge on any atom is 0.307 e. The van der Waals surface area contributed by atoms with Gasteiger partial charge in [0.05, 0.1) is 11.2 Å². The minimum Gasteiger partial charge on any atom is -0.481 e. The number of carboxylic acid groups (broad SMARTS) is 1. The van der Waals surface area contributed by atoms with Crippen LogP contribution in [-0.4, -0.2) is 66.7 Å². The molecule has 19 heavy (non-hydrogen) atoms. The minimum absolute atomic E-state index is 0.0844. The first-order chi connectivity index (χ1) is 8.84. The van der Waals surface area contributed by atoms with Crippen LogP contribution >= 0.6 is 0 Å². The summed E-state index contributed by atoms with van der Waals surface area (Å²) < 4.78 is 26.8. The zero-order valence-electron chi connectivity index (χ0n) is 11.4. The molecule has 6 nitrogen and oxygen atoms in total. The zero-order valence-corrected chi connectivity index (χ0v) is 12.3. The number of carboxylic acids is 1. The lowest BCUT2D eigenvalue weighted by molar-refractivity contribution is -0.141. The van der Waals surface area contributed by atoms with E-state index >= 15 is 0 Å². The van der Waals surface area contributed by atoms with Gasteiger partial charge >= 0.3 is 5.97 Å². The Bertz CT molecular complexity index is 451. The number of carbonyl (C=O) groups is 1. The molecule has 0 amide bonds. The average Bonchev–Trinajstić information content (AvgIpc) is 2.77. The molecule has 0 aromatic heterocycles. The second-order valence-electron chi connectivity index (χ2n) is 5.68. The minimum atomic E-state index is -3.50. The lowest BCUT2D eigenvalue weighted by Gasteiger charge is -2.39. The third kappa shape index (κ3) is 2.78. The Kier molecular flexibility index (Phi) is 4.17. The van der Waals surface area contributed by atoms with Gasteiger partial charge in [-0.15, -0.1) is 0 Å². The summed E-state index contributed by atoms with van der Waals surface area (Å²) in [4.78, 5) is 13.3. The van der Waals surface area contributed by atoms with Crippen molar-refractivity contribution in [1.29, 1.82) is 0 Å². The highest BCUT2D eigenvalue weighted by Gasteiger charge is 2.46. The van der Waals surface area contributed by atoms with E-state index in [4.69, 9.17) is 5.11 Å². The van der Waals surface area contributed by atoms with Crippen LogP contribution in [0.2, 0.25) is 0 Å². The summed E-state index contributed by atoms with van der Waals surface area (Å²) in [6, 6.07) is -0.0844. The third-order valence-corrected chi connectivity index (χ3v) is 6.77. The molecular formula is C12H22N2O4S. The third-order valence-electron chi connectivity index (χ3n) is 4.25. The number of sulfonamides is 1. The van der Waals surface area contributed by atoms with Crippen molar-refractivity contribution in [2.75, 3.05) is 26.7 Å². The van der Waals surface area contributed by atoms with Crippen molar-refractivity contribution >= 4 is 16.0 Å². The second kappa shape index (κ2) is 5.38. The zero-order chi connectivity index (χ0) is 14.2. The van der Waals surface area contributed by atoms with Crippen molar-refractivity contribution in [3.05, 3.63) is 0 Å². The van der Waals surface area contributed by atoms with E-state index in [1.54, 1.807) is 0 Å². The molecule has 1 saturated carbocycles. The van der Waals surface area contributed by atoms with E-state index in [0.717, 1.165) is 0 Å². The number of hydrogen-bond donors (Lipinski definition) is 1. The number of piperazine rings is 1. The van der Waals surface area contributed by atoms with Gasteiger partial charge in [0.15, 0.2) is 0 Å². The molecule has 2 fully saturated rings. The van der Waals surface area contributed by atoms with Crippen LogP contribution in [0.4, 0.5) is 0 Å². The van der Waals surface area contributed by atoms with Gasteiger partial charge in [0.2, 0.25) is 10.0 Å². The molecule has 3 atom stereocenters. The van der Waals surface area contributed by atoms with Gasteiger partial charge in [-0.2, -0.15) is 4.31 Å². The van der Waals surface area contributed by atoms with E-state index in [1.807, 2.05) is 14.0 Å². The first-order valence-corrected chi connectivity index (χ1v) is 8.26. The number of rotatable bonds is 3. The fourth-order valence-electron chi connectivity index (χ4n) is 3.24. The first kappa shape index (κ1) is 14.7. The normalized spacial score (nSPS) is 34.5. The molecule has 1 heterocycles. The SMILES string of the molecule is CC1CN(C)CCN1S(=O)(=O)C1CCCC1C(=O)O. The van der Waals surface area contributed by atoms with Crippen LogP contribution in [0.15, 0.2) is 0 Å². The van der Waals surface area contributed by atoms with E-state index in [9.17, 15) is 13.2 Å². The molecule has 110 valence electrons. The maximum atomic E-state index is 12.7. The molecule has 2 aliphatic rings. The predicted octanol–water partition coefficient (Wildman–Crippen LogP) is 0.205. The molecule has 3 unspecified atom stereocenters. The number of hydrogen-bond acceptors (Lipinski definition) is 4. The molecule has 0 aromatic carbocycles. The summed E-state index contributed by atoms with van der Waals surface area (Å²) in [7, 11) is -1.53. The van der Waals surface area contributed by atoms with Gasteiger partial charge in [-0.25, -0.2) is 8.42 Å². The standard InChI is InChI=1S/C12H22N2O4S/c1-9-8-13(2)6-7-14(9)19(17,18)11-5-3-4-10(11)12(15)16/h9-11H,3-8H2,1-2H3,(H,15,16). The summed E-state index contributed by atoms with van der Waals surface area (Å²) in [5, 5.41) is 8.42. The largest absolute Gasteiger partial charge is 0.481 e. The molecule has 2 rings (SSSR count). The molecule has 0 bridgehead atoms. The van der Waals surface area contributed by atoms with Crippen LogP contribution in [0.5, 0.6) is 0 Å². The molecular weight excluding hydrogens is 268 g/mol. The summed E-state index contributed by atoms with van der Waals surface area (Å²) in [6.45, 7) is 3.75. The highest BCUT2D eigenvalue weighted by atomic mass is 32.2. The highest BCUT2D eigenvalue weighted by molar-refractivity contribution is 7.89. The van der Waals surface area contributed by atoms with Crippen LogP contribution in [0.25, 0.3) is 0 Å². The molecule has 0 spiro atoms. The fourth-order valence-corrected chi connectivity index (χ4v) is 5.62. The van der Waals surface area contributed by atoms with Crippen molar-refractivity contribution in [3.8, 4) is 0 Å². The van der Waals surface area contributed by atoms with Crippen molar-refractivity contribution in [2.24, 2.45) is 5.92 Å². The first-order valence-electron chi connectivity index (χ1n) is 6.76. The van der Waals surface area contributed by atoms with Crippen molar-refractivity contribution in [2.45, 2.75) is 37.5 Å². The quantitative estimate of drug-likeness (QED) is 0.803. The van der Waals surface area contributed by atoms with E-state index < -0.39 is 27.2 Å². The molecule has 1 N–H and O–H groups in total. The van der Waals surface area contributed by atoms with Crippen LogP contribution in [-0.2, 0) is 14.8 Å². The summed E-state index contributed by atoms with van der Waals surface area (Å²) in [6.07, 6.45) is 1.63. The number of aliphatic carboxylic acids is 1. The average molecular weight is 290 g/mol. The smallest absolute Gasteiger partial charge is 0.307 e. The second-order valence-corrected chi connectivity index (χ2v) is 7.79. The maximum absolute atomic E-state index is 12.7. The Morgan fingerprint density at radius 1 is 1.26 bits per heavy atom. The molecule has 1 saturated heterocycles. The van der Waals surface area contributed by atoms with Gasteiger partial charge in [0.1, 0.15) is 0 Å². The van der Waals surface area contributed by atoms with Gasteiger partial charge in [-0.1, -0.05) is 6.42 Å². The fraction of sp³-hybridized carbons (Fsp3) is 0.917. The lowest BCUT2D eigenvalue weighted by atomic mass is 10.1. The number of nitrogens with zero attached hydrogens (tertiary/aromatic N) is 2. The van der Waals surface area contributed by atoms with E-state index in [2.05, 4.69) is 4.90 Å². The van der Waals surface area contributed by atoms with Crippen molar-refractivity contribution < 1.29 is 18.3 Å². The Labute approximate surface area is 114 Å². The molecule has 1 aliphatic heterocycles. The van der Waals surface area contributed by atoms with Crippen LogP contribution in [0.3, 0.4) is 0 Å². The predicted molar refractivity (Wildman–Crippen MR) is 71.3 cm³/mol.